The molecule has 3 atom stereocenters. The number of fused-ring (bicyclic) bond motifs is 7. The molecule has 2 unspecified atom stereocenters. The molecule has 1 N–H and O–H groups in total. The largest absolute Gasteiger partial charge is 0.497 e. The summed E-state index contributed by atoms with van der Waals surface area (Å²) < 4.78 is 36.6. The van der Waals surface area contributed by atoms with Gasteiger partial charge in [0, 0.05) is 68.2 Å². The standard InChI is InChI=1S/C40H47N5O5S.CH4.H2S/c1-42(2)51(48,49)41-38(46)28-15-17-31-34(21-28)45-25-40(39(47)44-20-19-43(3)24-35(44)26-11-7-5-8-12-26)23-33(40)32-22-29(50-4)16-18-30(32)37(45)36(31)27-13-9-6-10-14-27;;/h5,7-8,11-12,15-18,21-22,27,33,35H,6,9-10,13-14,19-20,23-25H2,1-4H3,(H,41,46);1H4;1H2/t33?,35?,40-;;/m0../s1. The van der Waals surface area contributed by atoms with Gasteiger partial charge in [0.25, 0.3) is 5.91 Å². The molecule has 4 aliphatic rings. The minimum absolute atomic E-state index is 0. The summed E-state index contributed by atoms with van der Waals surface area (Å²) in [5.41, 5.74) is 6.22. The summed E-state index contributed by atoms with van der Waals surface area (Å²) in [4.78, 5) is 33.2. The monoisotopic (exact) mass is 759 g/mol. The summed E-state index contributed by atoms with van der Waals surface area (Å²) >= 11 is 0. The summed E-state index contributed by atoms with van der Waals surface area (Å²) in [5, 5.41) is 1.06. The quantitative estimate of drug-likeness (QED) is 0.226. The summed E-state index contributed by atoms with van der Waals surface area (Å²) in [6.07, 6.45) is 6.41. The van der Waals surface area contributed by atoms with E-state index in [1.165, 1.54) is 26.1 Å². The van der Waals surface area contributed by atoms with E-state index in [1.54, 1.807) is 13.2 Å². The van der Waals surface area contributed by atoms with Gasteiger partial charge in [-0.2, -0.15) is 26.2 Å². The molecule has 12 heteroatoms. The highest BCUT2D eigenvalue weighted by molar-refractivity contribution is 7.87. The number of amides is 2. The topological polar surface area (TPSA) is 104 Å². The van der Waals surface area contributed by atoms with E-state index >= 15 is 4.79 Å². The number of benzene rings is 3. The number of carbonyl (C=O) groups excluding carboxylic acids is 2. The first-order valence-corrected chi connectivity index (χ1v) is 19.6. The first-order valence-electron chi connectivity index (χ1n) is 18.2. The van der Waals surface area contributed by atoms with E-state index in [-0.39, 0.29) is 44.4 Å². The molecule has 2 aliphatic heterocycles. The third-order valence-corrected chi connectivity index (χ3v) is 13.3. The van der Waals surface area contributed by atoms with Crippen LogP contribution in [0.25, 0.3) is 22.2 Å². The lowest BCUT2D eigenvalue weighted by atomic mass is 9.81. The Balaban J connectivity index is 0.00000240. The van der Waals surface area contributed by atoms with Crippen molar-refractivity contribution in [2.24, 2.45) is 5.41 Å². The third kappa shape index (κ3) is 6.66. The van der Waals surface area contributed by atoms with E-state index in [0.29, 0.717) is 19.0 Å². The summed E-state index contributed by atoms with van der Waals surface area (Å²) in [7, 11) is 2.59. The third-order valence-electron chi connectivity index (χ3n) is 11.9. The van der Waals surface area contributed by atoms with Crippen LogP contribution in [0.15, 0.2) is 66.7 Å². The van der Waals surface area contributed by atoms with E-state index in [4.69, 9.17) is 4.74 Å². The highest BCUT2D eigenvalue weighted by Gasteiger charge is 2.64. The maximum atomic E-state index is 15.3. The lowest BCUT2D eigenvalue weighted by molar-refractivity contribution is -0.143. The molecule has 284 valence electrons. The molecule has 2 aliphatic carbocycles. The maximum absolute atomic E-state index is 15.3. The van der Waals surface area contributed by atoms with Crippen molar-refractivity contribution in [2.75, 3.05) is 47.9 Å². The van der Waals surface area contributed by atoms with Gasteiger partial charge in [-0.3, -0.25) is 9.59 Å². The molecule has 4 aromatic rings. The lowest BCUT2D eigenvalue weighted by Gasteiger charge is -2.42. The van der Waals surface area contributed by atoms with Crippen LogP contribution in [0.5, 0.6) is 5.75 Å². The predicted molar refractivity (Wildman–Crippen MR) is 215 cm³/mol. The zero-order valence-electron chi connectivity index (χ0n) is 30.4. The van der Waals surface area contributed by atoms with Crippen molar-refractivity contribution in [3.63, 3.8) is 0 Å². The number of methoxy groups -OCH3 is 1. The van der Waals surface area contributed by atoms with Crippen molar-refractivity contribution < 1.29 is 22.7 Å². The van der Waals surface area contributed by atoms with Gasteiger partial charge in [0.15, 0.2) is 0 Å². The first kappa shape index (κ1) is 38.9. The van der Waals surface area contributed by atoms with E-state index in [9.17, 15) is 13.2 Å². The van der Waals surface area contributed by atoms with Gasteiger partial charge in [-0.1, -0.05) is 63.1 Å². The molecule has 10 nitrogen and oxygen atoms in total. The molecule has 3 aromatic carbocycles. The van der Waals surface area contributed by atoms with Gasteiger partial charge in [0.05, 0.1) is 24.3 Å². The van der Waals surface area contributed by atoms with Crippen LogP contribution >= 0.6 is 13.5 Å². The number of likely N-dealkylation sites (N-methyl/N-ethyl adjacent to an activating group) is 1. The molecule has 3 fully saturated rings. The second-order valence-electron chi connectivity index (χ2n) is 15.2. The summed E-state index contributed by atoms with van der Waals surface area (Å²) in [6, 6.07) is 22.1. The minimum Gasteiger partial charge on any atom is -0.497 e. The van der Waals surface area contributed by atoms with Crippen molar-refractivity contribution in [2.45, 2.75) is 70.4 Å². The Labute approximate surface area is 321 Å². The average Bonchev–Trinajstić information content (AvgIpc) is 3.81. The Morgan fingerprint density at radius 2 is 1.70 bits per heavy atom. The molecule has 3 heterocycles. The number of rotatable bonds is 7. The molecule has 2 saturated carbocycles. The number of piperazine rings is 1. The Hall–Kier alpha value is -3.84. The highest BCUT2D eigenvalue weighted by Crippen LogP contribution is 2.66. The normalized spacial score (nSPS) is 22.8. The fourth-order valence-corrected chi connectivity index (χ4v) is 9.63. The number of hydrogen-bond acceptors (Lipinski definition) is 6. The van der Waals surface area contributed by atoms with Gasteiger partial charge < -0.3 is 19.1 Å². The van der Waals surface area contributed by atoms with E-state index in [2.05, 4.69) is 50.4 Å². The molecule has 0 spiro atoms. The van der Waals surface area contributed by atoms with Crippen LogP contribution in [0.4, 0.5) is 0 Å². The number of ether oxygens (including phenoxy) is 1. The molecule has 2 amide bonds. The Morgan fingerprint density at radius 3 is 2.40 bits per heavy atom. The zero-order valence-corrected chi connectivity index (χ0v) is 32.2. The molecule has 1 aromatic heterocycles. The highest BCUT2D eigenvalue weighted by atomic mass is 32.2. The van der Waals surface area contributed by atoms with Crippen LogP contribution in [-0.2, 0) is 21.5 Å². The number of hydrogen-bond donors (Lipinski definition) is 1. The van der Waals surface area contributed by atoms with Crippen LogP contribution in [0.3, 0.4) is 0 Å². The van der Waals surface area contributed by atoms with Crippen molar-refractivity contribution in [3.8, 4) is 17.0 Å². The van der Waals surface area contributed by atoms with Crippen LogP contribution in [-0.4, -0.2) is 86.8 Å². The number of carbonyl (C=O) groups is 2. The molecule has 53 heavy (non-hydrogen) atoms. The molecule has 0 radical (unpaired) electrons. The fourth-order valence-electron chi connectivity index (χ4n) is 9.10. The van der Waals surface area contributed by atoms with Gasteiger partial charge in [-0.25, -0.2) is 4.72 Å². The predicted octanol–water partition coefficient (Wildman–Crippen LogP) is 6.65. The smallest absolute Gasteiger partial charge is 0.303 e. The van der Waals surface area contributed by atoms with Crippen molar-refractivity contribution in [1.29, 1.82) is 0 Å². The molecular formula is C41H53N5O5S2. The SMILES string of the molecule is C.COc1ccc2c(c1)C1C[C@]1(C(=O)N1CCN(C)CC1c1ccccc1)Cn1c-2c(C2CCCCC2)c2ccc(C(=O)NS(=O)(=O)N(C)C)cc21.S. The molecule has 1 saturated heterocycles. The Kier molecular flexibility index (Phi) is 10.8. The van der Waals surface area contributed by atoms with Gasteiger partial charge in [0.2, 0.25) is 5.91 Å². The number of nitrogens with zero attached hydrogens (tertiary/aromatic N) is 4. The van der Waals surface area contributed by atoms with Crippen molar-refractivity contribution in [3.05, 3.63) is 89.0 Å². The average molecular weight is 760 g/mol. The molecular weight excluding hydrogens is 707 g/mol. The molecule has 8 rings (SSSR count). The summed E-state index contributed by atoms with van der Waals surface area (Å²) in [5.74, 6) is 0.605. The fraction of sp³-hybridized carbons (Fsp3) is 0.463. The van der Waals surface area contributed by atoms with E-state index in [0.717, 1.165) is 88.5 Å². The van der Waals surface area contributed by atoms with Crippen LogP contribution in [0.2, 0.25) is 0 Å². The van der Waals surface area contributed by atoms with E-state index < -0.39 is 21.5 Å². The van der Waals surface area contributed by atoms with Gasteiger partial charge >= 0.3 is 10.2 Å². The number of aromatic nitrogens is 1. The van der Waals surface area contributed by atoms with Crippen LogP contribution < -0.4 is 9.46 Å². The first-order chi connectivity index (χ1) is 24.5. The Morgan fingerprint density at radius 1 is 0.962 bits per heavy atom. The van der Waals surface area contributed by atoms with Crippen LogP contribution in [0.1, 0.15) is 90.9 Å². The second-order valence-corrected chi connectivity index (χ2v) is 17.1. The zero-order chi connectivity index (χ0) is 35.7. The Bertz CT molecular complexity index is 2130. The van der Waals surface area contributed by atoms with Gasteiger partial charge in [0.1, 0.15) is 5.75 Å². The second kappa shape index (κ2) is 14.8. The van der Waals surface area contributed by atoms with Gasteiger partial charge in [-0.15, -0.1) is 0 Å². The van der Waals surface area contributed by atoms with Gasteiger partial charge in [-0.05, 0) is 79.3 Å². The van der Waals surface area contributed by atoms with Crippen molar-refractivity contribution >= 4 is 46.4 Å². The summed E-state index contributed by atoms with van der Waals surface area (Å²) in [6.45, 7) is 2.68. The minimum atomic E-state index is -3.99. The molecule has 0 bridgehead atoms. The number of nitrogens with one attached hydrogen (secondary N) is 1. The van der Waals surface area contributed by atoms with E-state index in [1.807, 2.05) is 36.4 Å². The van der Waals surface area contributed by atoms with Crippen LogP contribution in [0, 0.1) is 5.41 Å². The lowest BCUT2D eigenvalue weighted by Crippen LogP contribution is -2.52. The van der Waals surface area contributed by atoms with Crippen molar-refractivity contribution in [1.82, 2.24) is 23.4 Å². The maximum Gasteiger partial charge on any atom is 0.303 e.